The van der Waals surface area contributed by atoms with Gasteiger partial charge in [0.2, 0.25) is 0 Å². The van der Waals surface area contributed by atoms with Crippen LogP contribution in [0.2, 0.25) is 0 Å². The van der Waals surface area contributed by atoms with Crippen LogP contribution in [-0.4, -0.2) is 66.8 Å². The quantitative estimate of drug-likeness (QED) is 0.724. The second kappa shape index (κ2) is 9.83. The Morgan fingerprint density at radius 1 is 0.692 bits per heavy atom. The Labute approximate surface area is 158 Å². The molecule has 0 amide bonds. The first-order chi connectivity index (χ1) is 12.7. The van der Waals surface area contributed by atoms with Crippen LogP contribution in [-0.2, 0) is 13.1 Å². The lowest BCUT2D eigenvalue weighted by molar-refractivity contribution is -0.0388. The average Bonchev–Trinajstić information content (AvgIpc) is 2.63. The van der Waals surface area contributed by atoms with Crippen molar-refractivity contribution in [3.05, 3.63) is 71.8 Å². The smallest absolute Gasteiger partial charge is 0.0537 e. The van der Waals surface area contributed by atoms with Gasteiger partial charge in [-0.15, -0.1) is 0 Å². The number of hydrogen-bond donors (Lipinski definition) is 0. The van der Waals surface area contributed by atoms with Crippen molar-refractivity contribution in [1.82, 2.24) is 19.6 Å². The Morgan fingerprint density at radius 3 is 1.62 bits per heavy atom. The summed E-state index contributed by atoms with van der Waals surface area (Å²) in [5.74, 6) is 0. The van der Waals surface area contributed by atoms with Crippen molar-refractivity contribution < 1.29 is 0 Å². The SMILES string of the molecule is CN(C)CCCN1CN(Cc2ccccc2)CN(Cc2ccccc2)C1. The second-order valence-electron chi connectivity index (χ2n) is 7.60. The summed E-state index contributed by atoms with van der Waals surface area (Å²) < 4.78 is 0. The average molecular weight is 353 g/mol. The predicted molar refractivity (Wildman–Crippen MR) is 108 cm³/mol. The number of rotatable bonds is 8. The van der Waals surface area contributed by atoms with E-state index in [1.165, 1.54) is 17.5 Å². The van der Waals surface area contributed by atoms with E-state index < -0.39 is 0 Å². The molecular weight excluding hydrogens is 320 g/mol. The summed E-state index contributed by atoms with van der Waals surface area (Å²) in [7, 11) is 4.30. The highest BCUT2D eigenvalue weighted by Crippen LogP contribution is 2.15. The molecule has 4 heteroatoms. The van der Waals surface area contributed by atoms with Crippen molar-refractivity contribution in [3.8, 4) is 0 Å². The minimum absolute atomic E-state index is 1.01. The van der Waals surface area contributed by atoms with E-state index in [1.54, 1.807) is 0 Å². The highest BCUT2D eigenvalue weighted by molar-refractivity contribution is 5.15. The maximum absolute atomic E-state index is 2.58. The Bertz CT molecular complexity index is 580. The minimum atomic E-state index is 1.01. The molecule has 0 unspecified atom stereocenters. The number of nitrogens with zero attached hydrogens (tertiary/aromatic N) is 4. The summed E-state index contributed by atoms with van der Waals surface area (Å²) >= 11 is 0. The van der Waals surface area contributed by atoms with Gasteiger partial charge in [0.15, 0.2) is 0 Å². The van der Waals surface area contributed by atoms with E-state index in [-0.39, 0.29) is 0 Å². The molecule has 0 aromatic heterocycles. The lowest BCUT2D eigenvalue weighted by Crippen LogP contribution is -2.54. The van der Waals surface area contributed by atoms with E-state index >= 15 is 0 Å². The lowest BCUT2D eigenvalue weighted by atomic mass is 10.2. The highest BCUT2D eigenvalue weighted by Gasteiger charge is 2.23. The van der Waals surface area contributed by atoms with Crippen molar-refractivity contribution in [3.63, 3.8) is 0 Å². The fourth-order valence-electron chi connectivity index (χ4n) is 3.62. The normalized spacial score (nSPS) is 17.0. The maximum Gasteiger partial charge on any atom is 0.0537 e. The molecule has 1 saturated heterocycles. The van der Waals surface area contributed by atoms with Crippen LogP contribution in [0.25, 0.3) is 0 Å². The molecule has 26 heavy (non-hydrogen) atoms. The maximum atomic E-state index is 2.58. The molecule has 1 heterocycles. The fourth-order valence-corrected chi connectivity index (χ4v) is 3.62. The van der Waals surface area contributed by atoms with E-state index in [9.17, 15) is 0 Å². The molecule has 1 aliphatic rings. The lowest BCUT2D eigenvalue weighted by Gasteiger charge is -2.42. The van der Waals surface area contributed by atoms with Gasteiger partial charge in [0.1, 0.15) is 0 Å². The summed E-state index contributed by atoms with van der Waals surface area (Å²) in [5, 5.41) is 0. The van der Waals surface area contributed by atoms with Gasteiger partial charge in [0.05, 0.1) is 20.0 Å². The van der Waals surface area contributed by atoms with E-state index in [0.717, 1.165) is 46.2 Å². The molecule has 0 aliphatic carbocycles. The molecule has 1 aliphatic heterocycles. The van der Waals surface area contributed by atoms with Crippen LogP contribution in [0.3, 0.4) is 0 Å². The summed E-state index contributed by atoms with van der Waals surface area (Å²) in [6, 6.07) is 21.6. The summed E-state index contributed by atoms with van der Waals surface area (Å²) in [6.07, 6.45) is 1.21. The van der Waals surface area contributed by atoms with Crippen LogP contribution in [0.5, 0.6) is 0 Å². The first-order valence-electron chi connectivity index (χ1n) is 9.59. The zero-order chi connectivity index (χ0) is 18.2. The molecule has 0 atom stereocenters. The number of hydrogen-bond acceptors (Lipinski definition) is 4. The van der Waals surface area contributed by atoms with Gasteiger partial charge < -0.3 is 4.90 Å². The van der Waals surface area contributed by atoms with E-state index in [0.29, 0.717) is 0 Å². The molecule has 3 rings (SSSR count). The largest absolute Gasteiger partial charge is 0.309 e. The summed E-state index contributed by atoms with van der Waals surface area (Å²) in [6.45, 7) is 7.43. The van der Waals surface area contributed by atoms with Crippen molar-refractivity contribution >= 4 is 0 Å². The van der Waals surface area contributed by atoms with Gasteiger partial charge in [-0.3, -0.25) is 14.7 Å². The van der Waals surface area contributed by atoms with Crippen LogP contribution in [0, 0.1) is 0 Å². The molecule has 1 fully saturated rings. The van der Waals surface area contributed by atoms with E-state index in [1.807, 2.05) is 0 Å². The van der Waals surface area contributed by atoms with E-state index in [2.05, 4.69) is 94.4 Å². The topological polar surface area (TPSA) is 13.0 Å². The van der Waals surface area contributed by atoms with Crippen molar-refractivity contribution in [2.45, 2.75) is 19.5 Å². The Hall–Kier alpha value is -1.72. The molecule has 0 bridgehead atoms. The van der Waals surface area contributed by atoms with Crippen LogP contribution in [0.4, 0.5) is 0 Å². The monoisotopic (exact) mass is 352 g/mol. The molecule has 0 saturated carbocycles. The second-order valence-corrected chi connectivity index (χ2v) is 7.60. The standard InChI is InChI=1S/C22H32N4/c1-23(2)14-9-15-24-18-25(16-21-10-5-3-6-11-21)20-26(19-24)17-22-12-7-4-8-13-22/h3-8,10-13H,9,14-20H2,1-2H3. The fraction of sp³-hybridized carbons (Fsp3) is 0.455. The van der Waals surface area contributed by atoms with Crippen LogP contribution < -0.4 is 0 Å². The zero-order valence-corrected chi connectivity index (χ0v) is 16.2. The molecule has 140 valence electrons. The first kappa shape index (κ1) is 19.1. The van der Waals surface area contributed by atoms with Crippen LogP contribution in [0.15, 0.2) is 60.7 Å². The third-order valence-electron chi connectivity index (χ3n) is 4.78. The van der Waals surface area contributed by atoms with Gasteiger partial charge in [0.25, 0.3) is 0 Å². The van der Waals surface area contributed by atoms with Crippen LogP contribution in [0.1, 0.15) is 17.5 Å². The third-order valence-corrected chi connectivity index (χ3v) is 4.78. The van der Waals surface area contributed by atoms with Gasteiger partial charge in [-0.05, 0) is 38.2 Å². The zero-order valence-electron chi connectivity index (χ0n) is 16.2. The molecule has 0 radical (unpaired) electrons. The Morgan fingerprint density at radius 2 is 1.15 bits per heavy atom. The van der Waals surface area contributed by atoms with Crippen LogP contribution >= 0.6 is 0 Å². The van der Waals surface area contributed by atoms with Crippen molar-refractivity contribution in [1.29, 1.82) is 0 Å². The molecule has 0 N–H and O–H groups in total. The Balaban J connectivity index is 1.62. The predicted octanol–water partition coefficient (Wildman–Crippen LogP) is 3.13. The summed E-state index contributed by atoms with van der Waals surface area (Å²) in [5.41, 5.74) is 2.78. The number of benzene rings is 2. The summed E-state index contributed by atoms with van der Waals surface area (Å²) in [4.78, 5) is 9.96. The molecular formula is C22H32N4. The Kier molecular flexibility index (Phi) is 7.21. The van der Waals surface area contributed by atoms with Crippen molar-refractivity contribution in [2.24, 2.45) is 0 Å². The van der Waals surface area contributed by atoms with Gasteiger partial charge in [-0.25, -0.2) is 0 Å². The first-order valence-corrected chi connectivity index (χ1v) is 9.59. The van der Waals surface area contributed by atoms with Gasteiger partial charge >= 0.3 is 0 Å². The van der Waals surface area contributed by atoms with Gasteiger partial charge in [-0.2, -0.15) is 0 Å². The van der Waals surface area contributed by atoms with Gasteiger partial charge in [-0.1, -0.05) is 60.7 Å². The molecule has 4 nitrogen and oxygen atoms in total. The highest BCUT2D eigenvalue weighted by atomic mass is 15.5. The molecule has 0 spiro atoms. The van der Waals surface area contributed by atoms with E-state index in [4.69, 9.17) is 0 Å². The van der Waals surface area contributed by atoms with Gasteiger partial charge in [0, 0.05) is 19.6 Å². The minimum Gasteiger partial charge on any atom is -0.309 e. The molecule has 2 aromatic carbocycles. The van der Waals surface area contributed by atoms with Crippen molar-refractivity contribution in [2.75, 3.05) is 47.2 Å². The molecule has 2 aromatic rings. The third kappa shape index (κ3) is 6.22.